The number of hydrogen-bond acceptors (Lipinski definition) is 3. The summed E-state index contributed by atoms with van der Waals surface area (Å²) in [5.41, 5.74) is 10.2. The van der Waals surface area contributed by atoms with Crippen LogP contribution in [0.3, 0.4) is 0 Å². The molecule has 0 amide bonds. The van der Waals surface area contributed by atoms with E-state index in [1.807, 2.05) is 4.68 Å². The van der Waals surface area contributed by atoms with Crippen molar-refractivity contribution < 1.29 is 0 Å². The minimum atomic E-state index is 0.493. The van der Waals surface area contributed by atoms with Crippen molar-refractivity contribution in [2.75, 3.05) is 0 Å². The second kappa shape index (κ2) is 3.96. The average molecular weight is 228 g/mol. The van der Waals surface area contributed by atoms with Crippen LogP contribution in [0.15, 0.2) is 24.3 Å². The Morgan fingerprint density at radius 2 is 2.00 bits per heavy atom. The summed E-state index contributed by atoms with van der Waals surface area (Å²) in [6.07, 6.45) is 2.40. The molecule has 1 fully saturated rings. The van der Waals surface area contributed by atoms with Crippen molar-refractivity contribution in [1.29, 1.82) is 0 Å². The minimum Gasteiger partial charge on any atom is -0.325 e. The molecule has 1 aliphatic rings. The van der Waals surface area contributed by atoms with Crippen molar-refractivity contribution in [2.45, 2.75) is 32.4 Å². The molecule has 2 aromatic rings. The van der Waals surface area contributed by atoms with Crippen LogP contribution in [0, 0.1) is 6.92 Å². The van der Waals surface area contributed by atoms with Crippen LogP contribution < -0.4 is 5.73 Å². The first-order valence-electron chi connectivity index (χ1n) is 6.01. The lowest BCUT2D eigenvalue weighted by molar-refractivity contribution is 0.583. The summed E-state index contributed by atoms with van der Waals surface area (Å²) in [5, 5.41) is 8.52. The van der Waals surface area contributed by atoms with Crippen LogP contribution in [0.4, 0.5) is 0 Å². The van der Waals surface area contributed by atoms with E-state index in [1.54, 1.807) is 0 Å². The van der Waals surface area contributed by atoms with E-state index in [1.165, 1.54) is 18.4 Å². The van der Waals surface area contributed by atoms with Gasteiger partial charge in [-0.2, -0.15) is 0 Å². The Labute approximate surface area is 100 Å². The van der Waals surface area contributed by atoms with E-state index in [2.05, 4.69) is 41.5 Å². The van der Waals surface area contributed by atoms with Crippen LogP contribution in [0.5, 0.6) is 0 Å². The number of rotatable bonds is 3. The van der Waals surface area contributed by atoms with E-state index >= 15 is 0 Å². The maximum absolute atomic E-state index is 5.83. The first-order chi connectivity index (χ1) is 8.29. The molecule has 88 valence electrons. The molecule has 1 aliphatic carbocycles. The van der Waals surface area contributed by atoms with Gasteiger partial charge in [0.2, 0.25) is 0 Å². The average Bonchev–Trinajstić information content (AvgIpc) is 3.10. The van der Waals surface area contributed by atoms with E-state index in [4.69, 9.17) is 5.73 Å². The highest BCUT2D eigenvalue weighted by Crippen LogP contribution is 2.36. The summed E-state index contributed by atoms with van der Waals surface area (Å²) in [7, 11) is 0. The van der Waals surface area contributed by atoms with Crippen molar-refractivity contribution in [3.05, 3.63) is 35.5 Å². The number of nitrogens with two attached hydrogens (primary N) is 1. The number of benzene rings is 1. The van der Waals surface area contributed by atoms with Gasteiger partial charge in [0.05, 0.1) is 11.7 Å². The van der Waals surface area contributed by atoms with Gasteiger partial charge in [0, 0.05) is 12.1 Å². The molecule has 0 radical (unpaired) electrons. The molecule has 1 saturated carbocycles. The Kier molecular flexibility index (Phi) is 2.44. The standard InChI is InChI=1S/C13H16N4/c1-9-2-4-10(5-3-9)13-12(8-14)17(16-15-13)11-6-7-11/h2-5,11H,6-8,14H2,1H3. The molecular weight excluding hydrogens is 212 g/mol. The molecule has 0 atom stereocenters. The molecule has 1 aromatic carbocycles. The lowest BCUT2D eigenvalue weighted by Gasteiger charge is -2.04. The number of nitrogens with zero attached hydrogens (tertiary/aromatic N) is 3. The minimum absolute atomic E-state index is 0.493. The fourth-order valence-corrected chi connectivity index (χ4v) is 2.05. The predicted molar refractivity (Wildman–Crippen MR) is 66.4 cm³/mol. The van der Waals surface area contributed by atoms with Gasteiger partial charge in [0.1, 0.15) is 5.69 Å². The molecule has 3 rings (SSSR count). The van der Waals surface area contributed by atoms with Gasteiger partial charge in [-0.15, -0.1) is 5.10 Å². The fourth-order valence-electron chi connectivity index (χ4n) is 2.05. The molecule has 0 saturated heterocycles. The van der Waals surface area contributed by atoms with Gasteiger partial charge in [-0.05, 0) is 19.8 Å². The zero-order valence-electron chi connectivity index (χ0n) is 9.93. The maximum atomic E-state index is 5.83. The first-order valence-corrected chi connectivity index (χ1v) is 6.01. The molecule has 17 heavy (non-hydrogen) atoms. The maximum Gasteiger partial charge on any atom is 0.117 e. The highest BCUT2D eigenvalue weighted by atomic mass is 15.5. The molecule has 4 heteroatoms. The first kappa shape index (κ1) is 10.5. The molecule has 0 bridgehead atoms. The SMILES string of the molecule is Cc1ccc(-c2nnn(C3CC3)c2CN)cc1. The Hall–Kier alpha value is -1.68. The lowest BCUT2D eigenvalue weighted by atomic mass is 10.1. The molecular formula is C13H16N4. The third-order valence-electron chi connectivity index (χ3n) is 3.20. The quantitative estimate of drug-likeness (QED) is 0.874. The lowest BCUT2D eigenvalue weighted by Crippen LogP contribution is -2.08. The second-order valence-electron chi connectivity index (χ2n) is 4.63. The summed E-state index contributed by atoms with van der Waals surface area (Å²) in [4.78, 5) is 0. The van der Waals surface area contributed by atoms with Crippen LogP contribution in [-0.2, 0) is 6.54 Å². The van der Waals surface area contributed by atoms with Gasteiger partial charge >= 0.3 is 0 Å². The van der Waals surface area contributed by atoms with Crippen molar-refractivity contribution in [3.8, 4) is 11.3 Å². The summed E-state index contributed by atoms with van der Waals surface area (Å²) in [6.45, 7) is 2.57. The summed E-state index contributed by atoms with van der Waals surface area (Å²) >= 11 is 0. The summed E-state index contributed by atoms with van der Waals surface area (Å²) < 4.78 is 2.00. The zero-order chi connectivity index (χ0) is 11.8. The predicted octanol–water partition coefficient (Wildman–Crippen LogP) is 2.05. The molecule has 0 aliphatic heterocycles. The molecule has 1 heterocycles. The van der Waals surface area contributed by atoms with Gasteiger partial charge in [0.25, 0.3) is 0 Å². The number of aryl methyl sites for hydroxylation is 1. The fraction of sp³-hybridized carbons (Fsp3) is 0.385. The van der Waals surface area contributed by atoms with Gasteiger partial charge in [0.15, 0.2) is 0 Å². The Morgan fingerprint density at radius 1 is 1.29 bits per heavy atom. The number of hydrogen-bond donors (Lipinski definition) is 1. The number of aromatic nitrogens is 3. The molecule has 0 spiro atoms. The zero-order valence-corrected chi connectivity index (χ0v) is 9.93. The molecule has 4 nitrogen and oxygen atoms in total. The van der Waals surface area contributed by atoms with Crippen LogP contribution >= 0.6 is 0 Å². The third kappa shape index (κ3) is 1.85. The Bertz CT molecular complexity index is 523. The summed E-state index contributed by atoms with van der Waals surface area (Å²) in [6, 6.07) is 8.86. The van der Waals surface area contributed by atoms with Gasteiger partial charge in [-0.25, -0.2) is 4.68 Å². The van der Waals surface area contributed by atoms with Crippen molar-refractivity contribution >= 4 is 0 Å². The van der Waals surface area contributed by atoms with Crippen LogP contribution in [0.2, 0.25) is 0 Å². The van der Waals surface area contributed by atoms with Gasteiger partial charge < -0.3 is 5.73 Å². The molecule has 0 unspecified atom stereocenters. The highest BCUT2D eigenvalue weighted by Gasteiger charge is 2.28. The third-order valence-corrected chi connectivity index (χ3v) is 3.20. The van der Waals surface area contributed by atoms with E-state index < -0.39 is 0 Å². The van der Waals surface area contributed by atoms with Crippen molar-refractivity contribution in [3.63, 3.8) is 0 Å². The van der Waals surface area contributed by atoms with E-state index in [0.717, 1.165) is 17.0 Å². The van der Waals surface area contributed by atoms with Crippen molar-refractivity contribution in [2.24, 2.45) is 5.73 Å². The van der Waals surface area contributed by atoms with Gasteiger partial charge in [-0.3, -0.25) is 0 Å². The largest absolute Gasteiger partial charge is 0.325 e. The van der Waals surface area contributed by atoms with Crippen LogP contribution in [0.25, 0.3) is 11.3 Å². The topological polar surface area (TPSA) is 56.7 Å². The van der Waals surface area contributed by atoms with Crippen LogP contribution in [-0.4, -0.2) is 15.0 Å². The normalized spacial score (nSPS) is 15.2. The Morgan fingerprint density at radius 3 is 2.59 bits per heavy atom. The second-order valence-corrected chi connectivity index (χ2v) is 4.63. The van der Waals surface area contributed by atoms with E-state index in [9.17, 15) is 0 Å². The van der Waals surface area contributed by atoms with E-state index in [0.29, 0.717) is 12.6 Å². The molecule has 2 N–H and O–H groups in total. The van der Waals surface area contributed by atoms with Gasteiger partial charge in [-0.1, -0.05) is 35.0 Å². The monoisotopic (exact) mass is 228 g/mol. The van der Waals surface area contributed by atoms with E-state index in [-0.39, 0.29) is 0 Å². The Balaban J connectivity index is 2.04. The molecule has 1 aromatic heterocycles. The van der Waals surface area contributed by atoms with Crippen molar-refractivity contribution in [1.82, 2.24) is 15.0 Å². The smallest absolute Gasteiger partial charge is 0.117 e. The highest BCUT2D eigenvalue weighted by molar-refractivity contribution is 5.61. The summed E-state index contributed by atoms with van der Waals surface area (Å²) in [5.74, 6) is 0. The van der Waals surface area contributed by atoms with Crippen LogP contribution in [0.1, 0.15) is 30.1 Å².